The van der Waals surface area contributed by atoms with Crippen LogP contribution in [0.4, 0.5) is 5.69 Å². The van der Waals surface area contributed by atoms with E-state index in [2.05, 4.69) is 54.2 Å². The van der Waals surface area contributed by atoms with E-state index in [-0.39, 0.29) is 0 Å². The fourth-order valence-corrected chi connectivity index (χ4v) is 2.54. The van der Waals surface area contributed by atoms with Crippen LogP contribution in [0.15, 0.2) is 53.9 Å². The predicted molar refractivity (Wildman–Crippen MR) is 83.1 cm³/mol. The van der Waals surface area contributed by atoms with Crippen molar-refractivity contribution in [3.8, 4) is 0 Å². The van der Waals surface area contributed by atoms with Crippen molar-refractivity contribution in [1.29, 1.82) is 0 Å². The maximum Gasteiger partial charge on any atom is 0.0743 e. The Balaban J connectivity index is 1.87. The molecule has 0 saturated heterocycles. The van der Waals surface area contributed by atoms with Gasteiger partial charge < -0.3 is 0 Å². The summed E-state index contributed by atoms with van der Waals surface area (Å²) in [5, 5.41) is 6.86. The van der Waals surface area contributed by atoms with E-state index in [1.54, 1.807) is 6.20 Å². The van der Waals surface area contributed by atoms with Crippen molar-refractivity contribution in [3.05, 3.63) is 59.9 Å². The van der Waals surface area contributed by atoms with Crippen LogP contribution in [0, 0.1) is 5.92 Å². The van der Waals surface area contributed by atoms with E-state index in [9.17, 15) is 0 Å². The molecule has 102 valence electrons. The summed E-state index contributed by atoms with van der Waals surface area (Å²) in [6.45, 7) is 5.31. The average Bonchev–Trinajstić information content (AvgIpc) is 2.90. The molecular weight excluding hydrogens is 246 g/mol. The zero-order valence-electron chi connectivity index (χ0n) is 12.0. The highest BCUT2D eigenvalue weighted by molar-refractivity contribution is 6.04. The Bertz CT molecular complexity index is 602. The number of nitrogens with zero attached hydrogens (tertiary/aromatic N) is 3. The Labute approximate surface area is 120 Å². The second kappa shape index (κ2) is 5.45. The van der Waals surface area contributed by atoms with E-state index in [0.717, 1.165) is 29.9 Å². The second-order valence-corrected chi connectivity index (χ2v) is 5.23. The number of anilines is 1. The topological polar surface area (TPSA) is 28.5 Å². The molecule has 1 atom stereocenters. The molecule has 1 unspecified atom stereocenters. The molecule has 0 saturated carbocycles. The number of aromatic nitrogens is 1. The van der Waals surface area contributed by atoms with Gasteiger partial charge in [-0.1, -0.05) is 26.0 Å². The molecule has 20 heavy (non-hydrogen) atoms. The molecule has 3 heteroatoms. The summed E-state index contributed by atoms with van der Waals surface area (Å²) in [5.41, 5.74) is 4.76. The summed E-state index contributed by atoms with van der Waals surface area (Å²) >= 11 is 0. The van der Waals surface area contributed by atoms with Crippen LogP contribution in [0.2, 0.25) is 0 Å². The monoisotopic (exact) mass is 265 g/mol. The highest BCUT2D eigenvalue weighted by Crippen LogP contribution is 2.25. The van der Waals surface area contributed by atoms with Crippen molar-refractivity contribution in [3.63, 3.8) is 0 Å². The quantitative estimate of drug-likeness (QED) is 0.849. The number of rotatable bonds is 3. The molecule has 0 radical (unpaired) electrons. The first-order valence-corrected chi connectivity index (χ1v) is 7.13. The number of aryl methyl sites for hydroxylation is 1. The number of hydrogen-bond acceptors (Lipinski definition) is 3. The SMILES string of the molecule is CCc1ccc(N2CC(C)C(c3cccnc3)=N2)cc1. The smallest absolute Gasteiger partial charge is 0.0743 e. The molecule has 0 fully saturated rings. The normalized spacial score (nSPS) is 18.2. The highest BCUT2D eigenvalue weighted by atomic mass is 15.5. The van der Waals surface area contributed by atoms with Gasteiger partial charge in [0.15, 0.2) is 0 Å². The predicted octanol–water partition coefficient (Wildman–Crippen LogP) is 3.50. The van der Waals surface area contributed by atoms with Crippen LogP contribution in [0.3, 0.4) is 0 Å². The van der Waals surface area contributed by atoms with Crippen molar-refractivity contribution in [2.45, 2.75) is 20.3 Å². The fraction of sp³-hybridized carbons (Fsp3) is 0.294. The largest absolute Gasteiger partial charge is 0.265 e. The third-order valence-electron chi connectivity index (χ3n) is 3.74. The third kappa shape index (κ3) is 2.44. The first-order chi connectivity index (χ1) is 9.78. The van der Waals surface area contributed by atoms with Crippen LogP contribution in [-0.2, 0) is 6.42 Å². The lowest BCUT2D eigenvalue weighted by molar-refractivity contribution is 0.775. The standard InChI is InChI=1S/C17H19N3/c1-3-14-6-8-16(9-7-14)20-12-13(2)17(19-20)15-5-4-10-18-11-15/h4-11,13H,3,12H2,1-2H3. The Morgan fingerprint density at radius 3 is 2.65 bits per heavy atom. The van der Waals surface area contributed by atoms with E-state index in [1.165, 1.54) is 5.56 Å². The number of benzene rings is 1. The Hall–Kier alpha value is -2.16. The third-order valence-corrected chi connectivity index (χ3v) is 3.74. The van der Waals surface area contributed by atoms with Crippen molar-refractivity contribution >= 4 is 11.4 Å². The molecule has 2 aromatic rings. The molecule has 1 aliphatic rings. The van der Waals surface area contributed by atoms with E-state index in [1.807, 2.05) is 12.3 Å². The van der Waals surface area contributed by atoms with E-state index in [4.69, 9.17) is 5.10 Å². The summed E-state index contributed by atoms with van der Waals surface area (Å²) in [5.74, 6) is 0.421. The minimum absolute atomic E-state index is 0.421. The highest BCUT2D eigenvalue weighted by Gasteiger charge is 2.24. The first-order valence-electron chi connectivity index (χ1n) is 7.13. The van der Waals surface area contributed by atoms with Crippen LogP contribution < -0.4 is 5.01 Å². The van der Waals surface area contributed by atoms with Crippen LogP contribution in [-0.4, -0.2) is 17.2 Å². The molecule has 0 amide bonds. The Morgan fingerprint density at radius 2 is 2.00 bits per heavy atom. The summed E-state index contributed by atoms with van der Waals surface area (Å²) in [6.07, 6.45) is 4.75. The number of hydrazone groups is 1. The first kappa shape index (κ1) is 12.9. The van der Waals surface area contributed by atoms with Crippen molar-refractivity contribution in [2.24, 2.45) is 11.0 Å². The number of pyridine rings is 1. The lowest BCUT2D eigenvalue weighted by atomic mass is 10.0. The molecule has 0 aliphatic carbocycles. The van der Waals surface area contributed by atoms with E-state index in [0.29, 0.717) is 5.92 Å². The maximum absolute atomic E-state index is 4.78. The van der Waals surface area contributed by atoms with Crippen LogP contribution in [0.5, 0.6) is 0 Å². The zero-order chi connectivity index (χ0) is 13.9. The molecule has 1 aromatic carbocycles. The fourth-order valence-electron chi connectivity index (χ4n) is 2.54. The van der Waals surface area contributed by atoms with Gasteiger partial charge in [0.1, 0.15) is 0 Å². The van der Waals surface area contributed by atoms with Gasteiger partial charge >= 0.3 is 0 Å². The Morgan fingerprint density at radius 1 is 1.20 bits per heavy atom. The second-order valence-electron chi connectivity index (χ2n) is 5.23. The molecule has 3 rings (SSSR count). The molecule has 2 heterocycles. The van der Waals surface area contributed by atoms with Crippen molar-refractivity contribution in [2.75, 3.05) is 11.6 Å². The molecule has 0 bridgehead atoms. The Kier molecular flexibility index (Phi) is 3.50. The lowest BCUT2D eigenvalue weighted by Gasteiger charge is -2.14. The van der Waals surface area contributed by atoms with Gasteiger partial charge in [-0.3, -0.25) is 9.99 Å². The minimum atomic E-state index is 0.421. The number of hydrogen-bond donors (Lipinski definition) is 0. The molecule has 1 aromatic heterocycles. The molecule has 0 N–H and O–H groups in total. The molecular formula is C17H19N3. The lowest BCUT2D eigenvalue weighted by Crippen LogP contribution is -2.17. The van der Waals surface area contributed by atoms with Gasteiger partial charge in [-0.2, -0.15) is 5.10 Å². The maximum atomic E-state index is 4.78. The molecule has 3 nitrogen and oxygen atoms in total. The zero-order valence-corrected chi connectivity index (χ0v) is 12.0. The summed E-state index contributed by atoms with van der Waals surface area (Å²) in [6, 6.07) is 12.7. The van der Waals surface area contributed by atoms with Gasteiger partial charge in [0.2, 0.25) is 0 Å². The van der Waals surface area contributed by atoms with E-state index >= 15 is 0 Å². The summed E-state index contributed by atoms with van der Waals surface area (Å²) < 4.78 is 0. The van der Waals surface area contributed by atoms with Gasteiger partial charge in [0.25, 0.3) is 0 Å². The molecule has 0 spiro atoms. The van der Waals surface area contributed by atoms with Gasteiger partial charge in [-0.15, -0.1) is 0 Å². The molecule has 1 aliphatic heterocycles. The summed E-state index contributed by atoms with van der Waals surface area (Å²) in [7, 11) is 0. The van der Waals surface area contributed by atoms with Gasteiger partial charge in [-0.05, 0) is 36.2 Å². The van der Waals surface area contributed by atoms with Gasteiger partial charge in [0, 0.05) is 30.4 Å². The van der Waals surface area contributed by atoms with Crippen molar-refractivity contribution in [1.82, 2.24) is 4.98 Å². The van der Waals surface area contributed by atoms with Crippen LogP contribution in [0.1, 0.15) is 25.0 Å². The van der Waals surface area contributed by atoms with Gasteiger partial charge in [-0.25, -0.2) is 0 Å². The van der Waals surface area contributed by atoms with Gasteiger partial charge in [0.05, 0.1) is 11.4 Å². The van der Waals surface area contributed by atoms with E-state index < -0.39 is 0 Å². The van der Waals surface area contributed by atoms with Crippen LogP contribution >= 0.6 is 0 Å². The average molecular weight is 265 g/mol. The van der Waals surface area contributed by atoms with Crippen molar-refractivity contribution < 1.29 is 0 Å². The summed E-state index contributed by atoms with van der Waals surface area (Å²) in [4.78, 5) is 4.18. The van der Waals surface area contributed by atoms with Crippen LogP contribution in [0.25, 0.3) is 0 Å². The minimum Gasteiger partial charge on any atom is -0.265 e.